The molecule has 2 aromatic carbocycles. The van der Waals surface area contributed by atoms with Crippen molar-refractivity contribution in [1.82, 2.24) is 4.90 Å². The fourth-order valence-electron chi connectivity index (χ4n) is 2.93. The van der Waals surface area contributed by atoms with E-state index in [9.17, 15) is 9.59 Å². The number of rotatable bonds is 4. The SMILES string of the molecule is CC(C(=O)Nc1ccccc1)N1C(=O)/C(=C/c2ccc(C(C)(C)C)cc2)SC1=S. The lowest BCUT2D eigenvalue weighted by Crippen LogP contribution is -2.44. The molecule has 2 aromatic rings. The summed E-state index contributed by atoms with van der Waals surface area (Å²) in [5.41, 5.74) is 2.92. The number of nitrogens with zero attached hydrogens (tertiary/aromatic N) is 1. The fraction of sp³-hybridized carbons (Fsp3) is 0.261. The summed E-state index contributed by atoms with van der Waals surface area (Å²) in [4.78, 5) is 27.4. The van der Waals surface area contributed by atoms with E-state index in [1.54, 1.807) is 19.1 Å². The Kier molecular flexibility index (Phi) is 6.24. The summed E-state index contributed by atoms with van der Waals surface area (Å²) in [7, 11) is 0. The Hall–Kier alpha value is -2.44. The summed E-state index contributed by atoms with van der Waals surface area (Å²) in [5.74, 6) is -0.515. The van der Waals surface area contributed by atoms with Crippen LogP contribution in [0.3, 0.4) is 0 Å². The normalized spacial score (nSPS) is 17.0. The monoisotopic (exact) mass is 424 g/mol. The predicted molar refractivity (Wildman–Crippen MR) is 125 cm³/mol. The molecule has 0 aromatic heterocycles. The number of anilines is 1. The van der Waals surface area contributed by atoms with Gasteiger partial charge in [0.1, 0.15) is 10.4 Å². The summed E-state index contributed by atoms with van der Waals surface area (Å²) < 4.78 is 0.392. The van der Waals surface area contributed by atoms with Gasteiger partial charge < -0.3 is 5.32 Å². The maximum Gasteiger partial charge on any atom is 0.266 e. The Balaban J connectivity index is 1.75. The van der Waals surface area contributed by atoms with Crippen molar-refractivity contribution in [3.05, 3.63) is 70.6 Å². The molecule has 2 amide bonds. The highest BCUT2D eigenvalue weighted by atomic mass is 32.2. The maximum atomic E-state index is 12.9. The van der Waals surface area contributed by atoms with E-state index >= 15 is 0 Å². The Morgan fingerprint density at radius 2 is 1.72 bits per heavy atom. The van der Waals surface area contributed by atoms with Crippen molar-refractivity contribution in [2.45, 2.75) is 39.2 Å². The first kappa shape index (κ1) is 21.3. The van der Waals surface area contributed by atoms with E-state index in [4.69, 9.17) is 12.2 Å². The molecule has 3 rings (SSSR count). The van der Waals surface area contributed by atoms with Gasteiger partial charge in [0.05, 0.1) is 4.91 Å². The summed E-state index contributed by atoms with van der Waals surface area (Å²) in [5, 5.41) is 2.82. The lowest BCUT2D eigenvalue weighted by atomic mass is 9.87. The molecule has 0 bridgehead atoms. The first-order valence-electron chi connectivity index (χ1n) is 9.40. The van der Waals surface area contributed by atoms with Crippen LogP contribution in [0.2, 0.25) is 0 Å². The minimum Gasteiger partial charge on any atom is -0.324 e. The molecule has 6 heteroatoms. The van der Waals surface area contributed by atoms with Gasteiger partial charge in [-0.2, -0.15) is 0 Å². The molecule has 29 heavy (non-hydrogen) atoms. The maximum absolute atomic E-state index is 12.9. The van der Waals surface area contributed by atoms with Crippen molar-refractivity contribution in [3.8, 4) is 0 Å². The summed E-state index contributed by atoms with van der Waals surface area (Å²) in [6, 6.07) is 16.6. The molecule has 1 aliphatic heterocycles. The van der Waals surface area contributed by atoms with Crippen molar-refractivity contribution < 1.29 is 9.59 Å². The molecule has 1 saturated heterocycles. The first-order valence-corrected chi connectivity index (χ1v) is 10.6. The third kappa shape index (κ3) is 4.95. The standard InChI is InChI=1S/C23H24N2O2S2/c1-15(20(26)24-18-8-6-5-7-9-18)25-21(27)19(29-22(25)28)14-16-10-12-17(13-11-16)23(2,3)4/h5-15H,1-4H3,(H,24,26)/b19-14-. The third-order valence-electron chi connectivity index (χ3n) is 4.71. The van der Waals surface area contributed by atoms with Gasteiger partial charge in [0, 0.05) is 5.69 Å². The molecule has 0 saturated carbocycles. The number of amides is 2. The number of thiocarbonyl (C=S) groups is 1. The van der Waals surface area contributed by atoms with Gasteiger partial charge in [-0.25, -0.2) is 0 Å². The van der Waals surface area contributed by atoms with Crippen LogP contribution in [0, 0.1) is 0 Å². The van der Waals surface area contributed by atoms with E-state index < -0.39 is 6.04 Å². The molecule has 1 fully saturated rings. The first-order chi connectivity index (χ1) is 13.7. The van der Waals surface area contributed by atoms with E-state index in [1.807, 2.05) is 36.4 Å². The zero-order valence-corrected chi connectivity index (χ0v) is 18.6. The van der Waals surface area contributed by atoms with Gasteiger partial charge in [-0.15, -0.1) is 0 Å². The van der Waals surface area contributed by atoms with E-state index in [0.29, 0.717) is 14.9 Å². The molecule has 1 atom stereocenters. The Morgan fingerprint density at radius 1 is 1.10 bits per heavy atom. The highest BCUT2D eigenvalue weighted by molar-refractivity contribution is 8.26. The van der Waals surface area contributed by atoms with Crippen LogP contribution in [-0.4, -0.2) is 27.1 Å². The number of thioether (sulfide) groups is 1. The molecule has 1 N–H and O–H groups in total. The topological polar surface area (TPSA) is 49.4 Å². The van der Waals surface area contributed by atoms with Crippen molar-refractivity contribution in [3.63, 3.8) is 0 Å². The quantitative estimate of drug-likeness (QED) is 0.540. The summed E-state index contributed by atoms with van der Waals surface area (Å²) >= 11 is 6.62. The molecule has 0 radical (unpaired) electrons. The van der Waals surface area contributed by atoms with Crippen molar-refractivity contribution in [2.24, 2.45) is 0 Å². The second-order valence-electron chi connectivity index (χ2n) is 7.95. The largest absolute Gasteiger partial charge is 0.324 e. The van der Waals surface area contributed by atoms with Crippen LogP contribution in [-0.2, 0) is 15.0 Å². The summed E-state index contributed by atoms with van der Waals surface area (Å²) in [6.07, 6.45) is 1.83. The van der Waals surface area contributed by atoms with Crippen molar-refractivity contribution in [2.75, 3.05) is 5.32 Å². The smallest absolute Gasteiger partial charge is 0.266 e. The van der Waals surface area contributed by atoms with E-state index in [2.05, 4.69) is 38.2 Å². The van der Waals surface area contributed by atoms with Gasteiger partial charge in [-0.3, -0.25) is 14.5 Å². The van der Waals surface area contributed by atoms with Crippen LogP contribution in [0.15, 0.2) is 59.5 Å². The fourth-order valence-corrected chi connectivity index (χ4v) is 4.35. The second-order valence-corrected chi connectivity index (χ2v) is 9.63. The minimum absolute atomic E-state index is 0.0729. The number of carbonyl (C=O) groups excluding carboxylic acids is 2. The molecule has 0 spiro atoms. The zero-order chi connectivity index (χ0) is 21.2. The highest BCUT2D eigenvalue weighted by Crippen LogP contribution is 2.34. The number of benzene rings is 2. The molecule has 4 nitrogen and oxygen atoms in total. The molecule has 1 heterocycles. The van der Waals surface area contributed by atoms with Gasteiger partial charge in [0.15, 0.2) is 0 Å². The van der Waals surface area contributed by atoms with Crippen molar-refractivity contribution in [1.29, 1.82) is 0 Å². The number of hydrogen-bond acceptors (Lipinski definition) is 4. The lowest BCUT2D eigenvalue weighted by molar-refractivity contribution is -0.129. The van der Waals surface area contributed by atoms with Gasteiger partial charge in [0.25, 0.3) is 5.91 Å². The number of para-hydroxylation sites is 1. The predicted octanol–water partition coefficient (Wildman–Crippen LogP) is 5.21. The molecule has 150 valence electrons. The Labute approximate surface area is 181 Å². The van der Waals surface area contributed by atoms with Gasteiger partial charge in [-0.1, -0.05) is 87.2 Å². The van der Waals surface area contributed by atoms with Gasteiger partial charge >= 0.3 is 0 Å². The van der Waals surface area contributed by atoms with E-state index in [-0.39, 0.29) is 17.2 Å². The Bertz CT molecular complexity index is 961. The third-order valence-corrected chi connectivity index (χ3v) is 6.04. The number of carbonyl (C=O) groups is 2. The van der Waals surface area contributed by atoms with Crippen LogP contribution in [0.5, 0.6) is 0 Å². The minimum atomic E-state index is -0.697. The highest BCUT2D eigenvalue weighted by Gasteiger charge is 2.38. The van der Waals surface area contributed by atoms with Crippen LogP contribution in [0.1, 0.15) is 38.8 Å². The lowest BCUT2D eigenvalue weighted by Gasteiger charge is -2.22. The molecular formula is C23H24N2O2S2. The Morgan fingerprint density at radius 3 is 2.31 bits per heavy atom. The van der Waals surface area contributed by atoms with E-state index in [1.165, 1.54) is 22.2 Å². The average Bonchev–Trinajstić information content (AvgIpc) is 2.95. The number of hydrogen-bond donors (Lipinski definition) is 1. The number of nitrogens with one attached hydrogen (secondary N) is 1. The van der Waals surface area contributed by atoms with Crippen LogP contribution in [0.25, 0.3) is 6.08 Å². The van der Waals surface area contributed by atoms with Crippen LogP contribution in [0.4, 0.5) is 5.69 Å². The molecule has 0 aliphatic carbocycles. The van der Waals surface area contributed by atoms with Crippen LogP contribution >= 0.6 is 24.0 Å². The van der Waals surface area contributed by atoms with Gasteiger partial charge in [0.2, 0.25) is 5.91 Å². The zero-order valence-electron chi connectivity index (χ0n) is 16.9. The second kappa shape index (κ2) is 8.51. The molecular weight excluding hydrogens is 400 g/mol. The average molecular weight is 425 g/mol. The van der Waals surface area contributed by atoms with Gasteiger partial charge in [-0.05, 0) is 41.7 Å². The van der Waals surface area contributed by atoms with Crippen molar-refractivity contribution >= 4 is 51.9 Å². The molecule has 1 unspecified atom stereocenters. The summed E-state index contributed by atoms with van der Waals surface area (Å²) in [6.45, 7) is 8.17. The molecule has 1 aliphatic rings. The van der Waals surface area contributed by atoms with E-state index in [0.717, 1.165) is 5.56 Å². The van der Waals surface area contributed by atoms with Crippen LogP contribution < -0.4 is 5.32 Å².